The van der Waals surface area contributed by atoms with Crippen LogP contribution in [0.4, 0.5) is 5.69 Å². The Labute approximate surface area is 128 Å². The van der Waals surface area contributed by atoms with Gasteiger partial charge in [-0.2, -0.15) is 0 Å². The van der Waals surface area contributed by atoms with Crippen molar-refractivity contribution in [3.05, 3.63) is 53.6 Å². The van der Waals surface area contributed by atoms with Gasteiger partial charge in [0.15, 0.2) is 11.5 Å². The lowest BCUT2D eigenvalue weighted by molar-refractivity contribution is -0.110. The Morgan fingerprint density at radius 3 is 2.73 bits per heavy atom. The van der Waals surface area contributed by atoms with Crippen LogP contribution in [0.25, 0.3) is 11.6 Å². The lowest BCUT2D eigenvalue weighted by Crippen LogP contribution is -2.03. The number of anilines is 1. The first kappa shape index (κ1) is 13.0. The monoisotopic (exact) mass is 293 g/mol. The maximum Gasteiger partial charge on any atom is 0.256 e. The van der Waals surface area contributed by atoms with Crippen molar-refractivity contribution in [3.63, 3.8) is 0 Å². The van der Waals surface area contributed by atoms with Crippen LogP contribution in [0.2, 0.25) is 0 Å². The molecule has 22 heavy (non-hydrogen) atoms. The maximum atomic E-state index is 12.1. The van der Waals surface area contributed by atoms with E-state index in [1.807, 2.05) is 48.5 Å². The number of carbonyl (C=O) groups excluding carboxylic acids is 1. The molecule has 0 fully saturated rings. The van der Waals surface area contributed by atoms with Crippen LogP contribution in [-0.4, -0.2) is 19.1 Å². The molecule has 2 aromatic carbocycles. The molecular formula is C18H15NO3. The zero-order valence-corrected chi connectivity index (χ0v) is 12.0. The van der Waals surface area contributed by atoms with E-state index in [-0.39, 0.29) is 5.91 Å². The first-order valence-corrected chi connectivity index (χ1v) is 7.33. The molecule has 0 spiro atoms. The summed E-state index contributed by atoms with van der Waals surface area (Å²) in [6, 6.07) is 13.4. The number of benzene rings is 2. The molecule has 4 nitrogen and oxygen atoms in total. The van der Waals surface area contributed by atoms with E-state index >= 15 is 0 Å². The Balaban J connectivity index is 1.74. The van der Waals surface area contributed by atoms with Crippen LogP contribution >= 0.6 is 0 Å². The molecule has 0 bridgehead atoms. The third-order valence-electron chi connectivity index (χ3n) is 3.79. The van der Waals surface area contributed by atoms with Crippen LogP contribution < -0.4 is 14.8 Å². The minimum Gasteiger partial charge on any atom is -0.490 e. The average molecular weight is 293 g/mol. The van der Waals surface area contributed by atoms with E-state index in [9.17, 15) is 4.79 Å². The molecule has 0 saturated carbocycles. The molecule has 2 aliphatic heterocycles. The van der Waals surface area contributed by atoms with E-state index in [1.54, 1.807) is 0 Å². The third kappa shape index (κ3) is 2.22. The Morgan fingerprint density at radius 2 is 1.82 bits per heavy atom. The molecule has 0 unspecified atom stereocenters. The van der Waals surface area contributed by atoms with E-state index in [0.717, 1.165) is 34.7 Å². The summed E-state index contributed by atoms with van der Waals surface area (Å²) in [6.07, 6.45) is 2.76. The van der Waals surface area contributed by atoms with Crippen molar-refractivity contribution in [1.29, 1.82) is 0 Å². The van der Waals surface area contributed by atoms with Crippen molar-refractivity contribution >= 4 is 23.2 Å². The van der Waals surface area contributed by atoms with E-state index in [2.05, 4.69) is 5.32 Å². The van der Waals surface area contributed by atoms with Crippen LogP contribution in [0.15, 0.2) is 42.5 Å². The van der Waals surface area contributed by atoms with E-state index in [4.69, 9.17) is 9.47 Å². The summed E-state index contributed by atoms with van der Waals surface area (Å²) in [6.45, 7) is 1.32. The molecule has 1 amide bonds. The predicted molar refractivity (Wildman–Crippen MR) is 85.0 cm³/mol. The summed E-state index contributed by atoms with van der Waals surface area (Å²) in [5, 5.41) is 2.88. The van der Waals surface area contributed by atoms with Crippen LogP contribution in [0.5, 0.6) is 11.5 Å². The van der Waals surface area contributed by atoms with Crippen LogP contribution in [0, 0.1) is 0 Å². The summed E-state index contributed by atoms with van der Waals surface area (Å²) in [7, 11) is 0. The van der Waals surface area contributed by atoms with Crippen LogP contribution in [0.3, 0.4) is 0 Å². The molecule has 0 radical (unpaired) electrons. The van der Waals surface area contributed by atoms with Crippen LogP contribution in [-0.2, 0) is 4.79 Å². The Bertz CT molecular complexity index is 780. The zero-order chi connectivity index (χ0) is 14.9. The summed E-state index contributed by atoms with van der Waals surface area (Å²) in [5.74, 6) is 1.42. The first-order valence-electron chi connectivity index (χ1n) is 7.33. The minimum atomic E-state index is -0.0756. The number of hydrogen-bond donors (Lipinski definition) is 1. The van der Waals surface area contributed by atoms with Gasteiger partial charge in [-0.05, 0) is 29.8 Å². The highest BCUT2D eigenvalue weighted by Crippen LogP contribution is 2.35. The molecule has 4 rings (SSSR count). The van der Waals surface area contributed by atoms with Crippen molar-refractivity contribution in [1.82, 2.24) is 0 Å². The summed E-state index contributed by atoms with van der Waals surface area (Å²) < 4.78 is 11.3. The number of nitrogens with one attached hydrogen (secondary N) is 1. The summed E-state index contributed by atoms with van der Waals surface area (Å²) >= 11 is 0. The number of ether oxygens (including phenoxy) is 2. The predicted octanol–water partition coefficient (Wildman–Crippen LogP) is 3.34. The molecule has 2 heterocycles. The average Bonchev–Trinajstić information content (AvgIpc) is 2.72. The van der Waals surface area contributed by atoms with Gasteiger partial charge in [0.2, 0.25) is 0 Å². The standard InChI is InChI=1S/C18H15NO3/c20-18-14(13-4-1-2-5-15(13)19-18)10-12-6-7-16-17(11-12)22-9-3-8-21-16/h1-2,4-7,10-11H,3,8-9H2,(H,19,20)/b14-10+. The van der Waals surface area contributed by atoms with E-state index in [1.165, 1.54) is 0 Å². The van der Waals surface area contributed by atoms with Gasteiger partial charge in [0.1, 0.15) is 0 Å². The Hall–Kier alpha value is -2.75. The molecule has 0 aromatic heterocycles. The first-order chi connectivity index (χ1) is 10.8. The fourth-order valence-electron chi connectivity index (χ4n) is 2.72. The van der Waals surface area contributed by atoms with E-state index < -0.39 is 0 Å². The molecule has 1 N–H and O–H groups in total. The number of carbonyl (C=O) groups is 1. The lowest BCUT2D eigenvalue weighted by Gasteiger charge is -2.08. The highest BCUT2D eigenvalue weighted by Gasteiger charge is 2.23. The summed E-state index contributed by atoms with van der Waals surface area (Å²) in [5.41, 5.74) is 3.38. The van der Waals surface area contributed by atoms with Gasteiger partial charge in [0.05, 0.1) is 13.2 Å². The second kappa shape index (κ2) is 5.22. The highest BCUT2D eigenvalue weighted by atomic mass is 16.5. The van der Waals surface area contributed by atoms with E-state index in [0.29, 0.717) is 18.8 Å². The topological polar surface area (TPSA) is 47.6 Å². The molecule has 2 aliphatic rings. The van der Waals surface area contributed by atoms with Crippen molar-refractivity contribution < 1.29 is 14.3 Å². The molecule has 0 saturated heterocycles. The van der Waals surface area contributed by atoms with Gasteiger partial charge in [-0.1, -0.05) is 24.3 Å². The largest absolute Gasteiger partial charge is 0.490 e. The fraction of sp³-hybridized carbons (Fsp3) is 0.167. The number of hydrogen-bond acceptors (Lipinski definition) is 3. The molecule has 2 aromatic rings. The number of para-hydroxylation sites is 1. The van der Waals surface area contributed by atoms with Gasteiger partial charge in [0.25, 0.3) is 5.91 Å². The van der Waals surface area contributed by atoms with Crippen molar-refractivity contribution in [3.8, 4) is 11.5 Å². The van der Waals surface area contributed by atoms with Crippen molar-refractivity contribution in [2.24, 2.45) is 0 Å². The molecular weight excluding hydrogens is 278 g/mol. The summed E-state index contributed by atoms with van der Waals surface area (Å²) in [4.78, 5) is 12.1. The molecule has 110 valence electrons. The third-order valence-corrected chi connectivity index (χ3v) is 3.79. The molecule has 0 atom stereocenters. The minimum absolute atomic E-state index is 0.0756. The maximum absolute atomic E-state index is 12.1. The van der Waals surface area contributed by atoms with Crippen molar-refractivity contribution in [2.45, 2.75) is 6.42 Å². The van der Waals surface area contributed by atoms with Gasteiger partial charge < -0.3 is 14.8 Å². The van der Waals surface area contributed by atoms with Gasteiger partial charge in [-0.25, -0.2) is 0 Å². The fourth-order valence-corrected chi connectivity index (χ4v) is 2.72. The van der Waals surface area contributed by atoms with Crippen LogP contribution in [0.1, 0.15) is 17.5 Å². The lowest BCUT2D eigenvalue weighted by atomic mass is 10.0. The Kier molecular flexibility index (Phi) is 3.07. The van der Waals surface area contributed by atoms with Gasteiger partial charge in [-0.15, -0.1) is 0 Å². The molecule has 4 heteroatoms. The number of fused-ring (bicyclic) bond motifs is 2. The van der Waals surface area contributed by atoms with Gasteiger partial charge >= 0.3 is 0 Å². The normalized spacial score (nSPS) is 17.8. The second-order valence-electron chi connectivity index (χ2n) is 5.31. The Morgan fingerprint density at radius 1 is 1.00 bits per heavy atom. The highest BCUT2D eigenvalue weighted by molar-refractivity contribution is 6.34. The smallest absolute Gasteiger partial charge is 0.256 e. The SMILES string of the molecule is O=C1Nc2ccccc2/C1=C\c1ccc2c(c1)OCCCO2. The van der Waals surface area contributed by atoms with Crippen molar-refractivity contribution in [2.75, 3.05) is 18.5 Å². The van der Waals surface area contributed by atoms with Gasteiger partial charge in [0, 0.05) is 23.2 Å². The second-order valence-corrected chi connectivity index (χ2v) is 5.31. The zero-order valence-electron chi connectivity index (χ0n) is 12.0. The van der Waals surface area contributed by atoms with Gasteiger partial charge in [-0.3, -0.25) is 4.79 Å². The molecule has 0 aliphatic carbocycles. The number of rotatable bonds is 1. The number of amides is 1. The quantitative estimate of drug-likeness (QED) is 0.820.